The highest BCUT2D eigenvalue weighted by molar-refractivity contribution is 9.10. The number of halogens is 1. The summed E-state index contributed by atoms with van der Waals surface area (Å²) >= 11 is 3.52. The summed E-state index contributed by atoms with van der Waals surface area (Å²) in [6.07, 6.45) is 0. The largest absolute Gasteiger partial charge is 0.489 e. The van der Waals surface area contributed by atoms with E-state index in [-0.39, 0.29) is 5.41 Å². The fourth-order valence-electron chi connectivity index (χ4n) is 3.75. The van der Waals surface area contributed by atoms with Crippen LogP contribution in [-0.2, 0) is 16.8 Å². The van der Waals surface area contributed by atoms with Crippen LogP contribution in [0.5, 0.6) is 5.75 Å². The minimum Gasteiger partial charge on any atom is -0.489 e. The maximum absolute atomic E-state index is 12.4. The number of tetrazole rings is 1. The first-order valence-electron chi connectivity index (χ1n) is 10.2. The second kappa shape index (κ2) is 8.38. The number of benzene rings is 2. The molecule has 1 atom stereocenters. The van der Waals surface area contributed by atoms with E-state index < -0.39 is 11.9 Å². The zero-order chi connectivity index (χ0) is 23.0. The van der Waals surface area contributed by atoms with Gasteiger partial charge in [-0.25, -0.2) is 0 Å². The third-order valence-corrected chi connectivity index (χ3v) is 5.95. The normalized spacial score (nSPS) is 15.8. The highest BCUT2D eigenvalue weighted by Gasteiger charge is 2.35. The maximum Gasteiger partial charge on any atom is 0.248 e. The third-order valence-electron chi connectivity index (χ3n) is 5.46. The zero-order valence-electron chi connectivity index (χ0n) is 18.4. The Labute approximate surface area is 195 Å². The molecule has 166 valence electrons. The molecule has 4 rings (SSSR count). The van der Waals surface area contributed by atoms with Gasteiger partial charge in [0, 0.05) is 15.7 Å². The number of hydrogen-bond acceptors (Lipinski definition) is 6. The second-order valence-corrected chi connectivity index (χ2v) is 9.71. The summed E-state index contributed by atoms with van der Waals surface area (Å²) in [6, 6.07) is 13.4. The van der Waals surface area contributed by atoms with Crippen LogP contribution in [0.3, 0.4) is 0 Å². The van der Waals surface area contributed by atoms with Gasteiger partial charge in [0.25, 0.3) is 0 Å². The predicted octanol–water partition coefficient (Wildman–Crippen LogP) is 4.09. The van der Waals surface area contributed by atoms with Gasteiger partial charge in [0.05, 0.1) is 5.57 Å². The molecule has 0 fully saturated rings. The fourth-order valence-corrected chi connectivity index (χ4v) is 4.12. The molecule has 8 nitrogen and oxygen atoms in total. The Bertz CT molecular complexity index is 1190. The van der Waals surface area contributed by atoms with Crippen molar-refractivity contribution in [3.05, 3.63) is 74.9 Å². The van der Waals surface area contributed by atoms with Gasteiger partial charge in [-0.05, 0) is 52.1 Å². The van der Waals surface area contributed by atoms with Crippen LogP contribution in [0.1, 0.15) is 50.4 Å². The van der Waals surface area contributed by atoms with Gasteiger partial charge in [-0.15, -0.1) is 0 Å². The van der Waals surface area contributed by atoms with Gasteiger partial charge in [0.2, 0.25) is 11.9 Å². The summed E-state index contributed by atoms with van der Waals surface area (Å²) in [5.41, 5.74) is 9.85. The number of nitrogens with zero attached hydrogens (tertiary/aromatic N) is 4. The van der Waals surface area contributed by atoms with E-state index in [1.54, 1.807) is 11.6 Å². The number of fused-ring (bicyclic) bond motifs is 1. The first-order chi connectivity index (χ1) is 15.1. The summed E-state index contributed by atoms with van der Waals surface area (Å²) in [6.45, 7) is 8.71. The van der Waals surface area contributed by atoms with Gasteiger partial charge in [-0.1, -0.05) is 66.1 Å². The van der Waals surface area contributed by atoms with Crippen molar-refractivity contribution in [2.45, 2.75) is 45.8 Å². The lowest BCUT2D eigenvalue weighted by Crippen LogP contribution is -2.32. The molecule has 0 unspecified atom stereocenters. The van der Waals surface area contributed by atoms with Crippen molar-refractivity contribution in [1.82, 2.24) is 20.2 Å². The number of ether oxygens (including phenoxy) is 1. The molecule has 1 amide bonds. The Morgan fingerprint density at radius 3 is 2.59 bits per heavy atom. The number of carbonyl (C=O) groups excluding carboxylic acids is 1. The standard InChI is InChI=1S/C23H25BrN6O2/c1-13-19(21(25)31)20(30-22(26-13)27-28-29-30)17-11-16(24)9-10-18(17)32-12-14-5-7-15(8-6-14)23(2,3)4/h5-11,20H,12H2,1-4H3,(H2,25,31)(H,26,27,29)/t20-/m1/s1. The molecule has 1 aromatic heterocycles. The number of aromatic nitrogens is 4. The van der Waals surface area contributed by atoms with Gasteiger partial charge >= 0.3 is 0 Å². The van der Waals surface area contributed by atoms with Gasteiger partial charge in [-0.2, -0.15) is 4.68 Å². The van der Waals surface area contributed by atoms with Crippen LogP contribution in [0, 0.1) is 0 Å². The van der Waals surface area contributed by atoms with Crippen molar-refractivity contribution in [3.63, 3.8) is 0 Å². The third kappa shape index (κ3) is 4.25. The topological polar surface area (TPSA) is 108 Å². The molecule has 9 heteroatoms. The van der Waals surface area contributed by atoms with Crippen molar-refractivity contribution in [2.24, 2.45) is 5.73 Å². The van der Waals surface area contributed by atoms with Crippen molar-refractivity contribution in [2.75, 3.05) is 5.32 Å². The summed E-state index contributed by atoms with van der Waals surface area (Å²) in [5.74, 6) is 0.499. The number of nitrogens with two attached hydrogens (primary N) is 1. The molecule has 2 aromatic carbocycles. The second-order valence-electron chi connectivity index (χ2n) is 8.80. The number of rotatable bonds is 5. The molecule has 0 saturated heterocycles. The maximum atomic E-state index is 12.4. The molecule has 0 spiro atoms. The SMILES string of the molecule is CC1=C(C(N)=O)[C@@H](c2cc(Br)ccc2OCc2ccc(C(C)(C)C)cc2)n2nnnc2N1. The minimum atomic E-state index is -0.616. The molecule has 0 saturated carbocycles. The highest BCUT2D eigenvalue weighted by atomic mass is 79.9. The van der Waals surface area contributed by atoms with Crippen LogP contribution < -0.4 is 15.8 Å². The Hall–Kier alpha value is -3.20. The van der Waals surface area contributed by atoms with E-state index in [4.69, 9.17) is 10.5 Å². The van der Waals surface area contributed by atoms with E-state index >= 15 is 0 Å². The lowest BCUT2D eigenvalue weighted by Gasteiger charge is -2.28. The Kier molecular flexibility index (Phi) is 5.77. The molecule has 1 aliphatic heterocycles. The first-order valence-corrected chi connectivity index (χ1v) is 11.0. The Morgan fingerprint density at radius 2 is 1.94 bits per heavy atom. The highest BCUT2D eigenvalue weighted by Crippen LogP contribution is 2.39. The number of hydrogen-bond donors (Lipinski definition) is 2. The number of anilines is 1. The molecular weight excluding hydrogens is 472 g/mol. The molecule has 2 heterocycles. The quantitative estimate of drug-likeness (QED) is 0.550. The molecule has 3 N–H and O–H groups in total. The van der Waals surface area contributed by atoms with E-state index in [2.05, 4.69) is 81.8 Å². The summed E-state index contributed by atoms with van der Waals surface area (Å²) in [5, 5.41) is 14.9. The van der Waals surface area contributed by atoms with E-state index in [0.29, 0.717) is 29.6 Å². The lowest BCUT2D eigenvalue weighted by molar-refractivity contribution is -0.115. The van der Waals surface area contributed by atoms with Crippen molar-refractivity contribution in [3.8, 4) is 5.75 Å². The van der Waals surface area contributed by atoms with Gasteiger partial charge < -0.3 is 15.8 Å². The van der Waals surface area contributed by atoms with Crippen LogP contribution in [0.15, 0.2) is 58.2 Å². The number of allylic oxidation sites excluding steroid dienone is 1. The number of carbonyl (C=O) groups is 1. The van der Waals surface area contributed by atoms with Crippen LogP contribution in [-0.4, -0.2) is 26.1 Å². The summed E-state index contributed by atoms with van der Waals surface area (Å²) in [7, 11) is 0. The molecule has 0 radical (unpaired) electrons. The zero-order valence-corrected chi connectivity index (χ0v) is 20.0. The van der Waals surface area contributed by atoms with Crippen molar-refractivity contribution < 1.29 is 9.53 Å². The molecule has 0 aliphatic carbocycles. The Balaban J connectivity index is 1.69. The van der Waals surface area contributed by atoms with E-state index in [9.17, 15) is 4.79 Å². The number of primary amides is 1. The predicted molar refractivity (Wildman–Crippen MR) is 125 cm³/mol. The van der Waals surface area contributed by atoms with Gasteiger partial charge in [0.15, 0.2) is 0 Å². The summed E-state index contributed by atoms with van der Waals surface area (Å²) in [4.78, 5) is 12.4. The average molecular weight is 497 g/mol. The van der Waals surface area contributed by atoms with Crippen LogP contribution in [0.4, 0.5) is 5.95 Å². The van der Waals surface area contributed by atoms with E-state index in [1.165, 1.54) is 5.56 Å². The van der Waals surface area contributed by atoms with Gasteiger partial charge in [0.1, 0.15) is 18.4 Å². The molecule has 32 heavy (non-hydrogen) atoms. The fraction of sp³-hybridized carbons (Fsp3) is 0.304. The van der Waals surface area contributed by atoms with Crippen molar-refractivity contribution in [1.29, 1.82) is 0 Å². The molecular formula is C23H25BrN6O2. The number of nitrogens with one attached hydrogen (secondary N) is 1. The summed E-state index contributed by atoms with van der Waals surface area (Å²) < 4.78 is 8.59. The van der Waals surface area contributed by atoms with Crippen LogP contribution in [0.2, 0.25) is 0 Å². The smallest absolute Gasteiger partial charge is 0.248 e. The van der Waals surface area contributed by atoms with Crippen LogP contribution in [0.25, 0.3) is 0 Å². The van der Waals surface area contributed by atoms with Crippen molar-refractivity contribution >= 4 is 27.8 Å². The Morgan fingerprint density at radius 1 is 1.22 bits per heavy atom. The first kappa shape index (κ1) is 22.0. The molecule has 3 aromatic rings. The number of amides is 1. The average Bonchev–Trinajstić information content (AvgIpc) is 3.19. The van der Waals surface area contributed by atoms with Crippen LogP contribution >= 0.6 is 15.9 Å². The molecule has 0 bridgehead atoms. The van der Waals surface area contributed by atoms with Gasteiger partial charge in [-0.3, -0.25) is 4.79 Å². The van der Waals surface area contributed by atoms with E-state index in [1.807, 2.05) is 18.2 Å². The lowest BCUT2D eigenvalue weighted by atomic mass is 9.87. The monoisotopic (exact) mass is 496 g/mol. The van der Waals surface area contributed by atoms with E-state index in [0.717, 1.165) is 15.6 Å². The molecule has 1 aliphatic rings. The minimum absolute atomic E-state index is 0.0895.